The normalized spacial score (nSPS) is 18.3. The van der Waals surface area contributed by atoms with Gasteiger partial charge in [-0.2, -0.15) is 0 Å². The summed E-state index contributed by atoms with van der Waals surface area (Å²) >= 11 is 6.51. The molecule has 0 amide bonds. The third-order valence-corrected chi connectivity index (χ3v) is 6.47. The number of halogens is 1. The fourth-order valence-electron chi connectivity index (χ4n) is 4.31. The van der Waals surface area contributed by atoms with Crippen LogP contribution in [0.1, 0.15) is 57.6 Å². The minimum Gasteiger partial charge on any atom is -0.381 e. The lowest BCUT2D eigenvalue weighted by Crippen LogP contribution is -2.23. The van der Waals surface area contributed by atoms with E-state index in [1.54, 1.807) is 6.20 Å². The molecule has 0 atom stereocenters. The van der Waals surface area contributed by atoms with Crippen LogP contribution >= 0.6 is 11.6 Å². The Labute approximate surface area is 184 Å². The number of hydrogen-bond donors (Lipinski definition) is 2. The third-order valence-electron chi connectivity index (χ3n) is 6.17. The summed E-state index contributed by atoms with van der Waals surface area (Å²) in [5.41, 5.74) is 2.63. The Morgan fingerprint density at radius 1 is 1.07 bits per heavy atom. The summed E-state index contributed by atoms with van der Waals surface area (Å²) in [6.45, 7) is 4.70. The van der Waals surface area contributed by atoms with Crippen LogP contribution in [0.15, 0.2) is 18.5 Å². The highest BCUT2D eigenvalue weighted by Crippen LogP contribution is 2.30. The number of ether oxygens (including phenoxy) is 1. The molecule has 6 nitrogen and oxygen atoms in total. The second-order valence-electron chi connectivity index (χ2n) is 8.37. The molecule has 2 aromatic heterocycles. The lowest BCUT2D eigenvalue weighted by Gasteiger charge is -2.24. The van der Waals surface area contributed by atoms with Gasteiger partial charge in [0, 0.05) is 37.6 Å². The van der Waals surface area contributed by atoms with Gasteiger partial charge in [0.05, 0.1) is 22.6 Å². The molecule has 30 heavy (non-hydrogen) atoms. The standard InChI is InChI=1S/C23H32ClN5O/c1-2-20-23(27-13-16-8-10-30-11-9-16)29-21(15-25-20)18-12-22(26-14-19(18)24)28-17-6-4-3-5-7-17/h12,14-17H,2-11,13H2,1H3,(H,26,28)(H,27,29). The summed E-state index contributed by atoms with van der Waals surface area (Å²) < 4.78 is 5.47. The number of hydrogen-bond acceptors (Lipinski definition) is 6. The quantitative estimate of drug-likeness (QED) is 0.619. The van der Waals surface area contributed by atoms with Gasteiger partial charge in [0.25, 0.3) is 0 Å². The predicted molar refractivity (Wildman–Crippen MR) is 122 cm³/mol. The smallest absolute Gasteiger partial charge is 0.148 e. The number of pyridine rings is 1. The van der Waals surface area contributed by atoms with Crippen LogP contribution in [0, 0.1) is 5.92 Å². The maximum atomic E-state index is 6.51. The molecule has 162 valence electrons. The van der Waals surface area contributed by atoms with E-state index < -0.39 is 0 Å². The van der Waals surface area contributed by atoms with E-state index in [1.165, 1.54) is 32.1 Å². The number of aryl methyl sites for hydroxylation is 1. The Kier molecular flexibility index (Phi) is 7.39. The van der Waals surface area contributed by atoms with Crippen molar-refractivity contribution >= 4 is 23.2 Å². The van der Waals surface area contributed by atoms with Crippen LogP contribution in [-0.2, 0) is 11.2 Å². The highest BCUT2D eigenvalue weighted by Gasteiger charge is 2.17. The highest BCUT2D eigenvalue weighted by molar-refractivity contribution is 6.33. The van der Waals surface area contributed by atoms with Gasteiger partial charge in [0.15, 0.2) is 0 Å². The molecule has 0 spiro atoms. The van der Waals surface area contributed by atoms with Gasteiger partial charge in [-0.25, -0.2) is 9.97 Å². The van der Waals surface area contributed by atoms with Crippen LogP contribution in [-0.4, -0.2) is 40.8 Å². The molecular weight excluding hydrogens is 398 g/mol. The summed E-state index contributed by atoms with van der Waals surface area (Å²) in [7, 11) is 0. The van der Waals surface area contributed by atoms with Gasteiger partial charge in [0.1, 0.15) is 11.6 Å². The Bertz CT molecular complexity index is 834. The van der Waals surface area contributed by atoms with Crippen molar-refractivity contribution in [1.82, 2.24) is 15.0 Å². The van der Waals surface area contributed by atoms with Gasteiger partial charge in [-0.05, 0) is 44.1 Å². The van der Waals surface area contributed by atoms with E-state index in [0.717, 1.165) is 67.6 Å². The minimum absolute atomic E-state index is 0.491. The van der Waals surface area contributed by atoms with Crippen molar-refractivity contribution in [2.45, 2.75) is 64.3 Å². The second kappa shape index (κ2) is 10.4. The highest BCUT2D eigenvalue weighted by atomic mass is 35.5. The number of nitrogens with one attached hydrogen (secondary N) is 2. The number of anilines is 2. The topological polar surface area (TPSA) is 72.0 Å². The molecule has 2 fully saturated rings. The Balaban J connectivity index is 1.52. The molecule has 0 bridgehead atoms. The first-order valence-electron chi connectivity index (χ1n) is 11.3. The molecule has 1 aliphatic carbocycles. The average molecular weight is 430 g/mol. The predicted octanol–water partition coefficient (Wildman–Crippen LogP) is 5.34. The maximum Gasteiger partial charge on any atom is 0.148 e. The van der Waals surface area contributed by atoms with E-state index >= 15 is 0 Å². The van der Waals surface area contributed by atoms with Gasteiger partial charge in [-0.1, -0.05) is 37.8 Å². The van der Waals surface area contributed by atoms with E-state index in [2.05, 4.69) is 27.5 Å². The summed E-state index contributed by atoms with van der Waals surface area (Å²) in [6, 6.07) is 2.50. The number of nitrogens with zero attached hydrogens (tertiary/aromatic N) is 3. The number of rotatable bonds is 7. The zero-order chi connectivity index (χ0) is 20.8. The molecule has 2 aliphatic rings. The first-order chi connectivity index (χ1) is 14.7. The minimum atomic E-state index is 0.491. The molecule has 0 aromatic carbocycles. The first kappa shape index (κ1) is 21.3. The lowest BCUT2D eigenvalue weighted by molar-refractivity contribution is 0.0699. The van der Waals surface area contributed by atoms with Crippen LogP contribution in [0.25, 0.3) is 11.3 Å². The molecule has 2 aromatic rings. The van der Waals surface area contributed by atoms with Crippen molar-refractivity contribution in [2.75, 3.05) is 30.4 Å². The zero-order valence-electron chi connectivity index (χ0n) is 17.8. The summed E-state index contributed by atoms with van der Waals surface area (Å²) in [5, 5.41) is 7.71. The first-order valence-corrected chi connectivity index (χ1v) is 11.7. The molecule has 4 rings (SSSR count). The fourth-order valence-corrected chi connectivity index (χ4v) is 4.51. The van der Waals surface area contributed by atoms with E-state index in [9.17, 15) is 0 Å². The SMILES string of the molecule is CCc1ncc(-c2cc(NC3CCCCC3)ncc2Cl)nc1NCC1CCOCC1. The molecule has 2 N–H and O–H groups in total. The van der Waals surface area contributed by atoms with Crippen molar-refractivity contribution in [3.8, 4) is 11.3 Å². The van der Waals surface area contributed by atoms with Crippen LogP contribution in [0.5, 0.6) is 0 Å². The van der Waals surface area contributed by atoms with Gasteiger partial charge in [0.2, 0.25) is 0 Å². The van der Waals surface area contributed by atoms with E-state index in [4.69, 9.17) is 21.3 Å². The van der Waals surface area contributed by atoms with Crippen LogP contribution < -0.4 is 10.6 Å². The summed E-state index contributed by atoms with van der Waals surface area (Å²) in [5.74, 6) is 2.33. The van der Waals surface area contributed by atoms with E-state index in [0.29, 0.717) is 17.0 Å². The molecule has 3 heterocycles. The maximum absolute atomic E-state index is 6.51. The van der Waals surface area contributed by atoms with Crippen molar-refractivity contribution in [3.05, 3.63) is 29.2 Å². The van der Waals surface area contributed by atoms with E-state index in [1.807, 2.05) is 12.3 Å². The van der Waals surface area contributed by atoms with Gasteiger partial charge in [-0.15, -0.1) is 0 Å². The van der Waals surface area contributed by atoms with Crippen LogP contribution in [0.2, 0.25) is 5.02 Å². The molecule has 1 saturated heterocycles. The van der Waals surface area contributed by atoms with Gasteiger partial charge >= 0.3 is 0 Å². The lowest BCUT2D eigenvalue weighted by atomic mass is 9.95. The third kappa shape index (κ3) is 5.41. The van der Waals surface area contributed by atoms with Gasteiger partial charge < -0.3 is 15.4 Å². The van der Waals surface area contributed by atoms with Crippen LogP contribution in [0.4, 0.5) is 11.6 Å². The molecule has 7 heteroatoms. The molecule has 0 unspecified atom stereocenters. The monoisotopic (exact) mass is 429 g/mol. The average Bonchev–Trinajstić information content (AvgIpc) is 2.80. The summed E-state index contributed by atoms with van der Waals surface area (Å²) in [4.78, 5) is 14.1. The van der Waals surface area contributed by atoms with Crippen molar-refractivity contribution < 1.29 is 4.74 Å². The van der Waals surface area contributed by atoms with Crippen molar-refractivity contribution in [2.24, 2.45) is 5.92 Å². The number of aromatic nitrogens is 3. The van der Waals surface area contributed by atoms with Gasteiger partial charge in [-0.3, -0.25) is 4.98 Å². The zero-order valence-corrected chi connectivity index (χ0v) is 18.5. The second-order valence-corrected chi connectivity index (χ2v) is 8.78. The largest absolute Gasteiger partial charge is 0.381 e. The fraction of sp³-hybridized carbons (Fsp3) is 0.609. The molecule has 1 aliphatic heterocycles. The van der Waals surface area contributed by atoms with Crippen molar-refractivity contribution in [1.29, 1.82) is 0 Å². The molecule has 0 radical (unpaired) electrons. The van der Waals surface area contributed by atoms with Crippen molar-refractivity contribution in [3.63, 3.8) is 0 Å². The Morgan fingerprint density at radius 3 is 2.63 bits per heavy atom. The summed E-state index contributed by atoms with van der Waals surface area (Å²) in [6.07, 6.45) is 12.9. The van der Waals surface area contributed by atoms with Crippen LogP contribution in [0.3, 0.4) is 0 Å². The molecular formula is C23H32ClN5O. The van der Waals surface area contributed by atoms with E-state index in [-0.39, 0.29) is 0 Å². The Hall–Kier alpha value is -1.92. The Morgan fingerprint density at radius 2 is 1.87 bits per heavy atom. The molecule has 1 saturated carbocycles.